The molecule has 3 nitrogen and oxygen atoms in total. The summed E-state index contributed by atoms with van der Waals surface area (Å²) >= 11 is 0. The first-order valence-corrected chi connectivity index (χ1v) is 7.24. The second-order valence-electron chi connectivity index (χ2n) is 4.24. The highest BCUT2D eigenvalue weighted by molar-refractivity contribution is 7.88. The molecule has 1 aromatic rings. The summed E-state index contributed by atoms with van der Waals surface area (Å²) in [6, 6.07) is 12.4. The highest BCUT2D eigenvalue weighted by atomic mass is 32.2. The van der Waals surface area contributed by atoms with Gasteiger partial charge < -0.3 is 0 Å². The van der Waals surface area contributed by atoms with Gasteiger partial charge >= 0.3 is 0 Å². The highest BCUT2D eigenvalue weighted by Gasteiger charge is 2.40. The van der Waals surface area contributed by atoms with E-state index in [1.54, 1.807) is 0 Å². The van der Waals surface area contributed by atoms with E-state index >= 15 is 0 Å². The van der Waals surface area contributed by atoms with Crippen LogP contribution in [0.5, 0.6) is 0 Å². The lowest BCUT2D eigenvalue weighted by Crippen LogP contribution is -2.21. The monoisotopic (exact) mass is 257 g/mol. The van der Waals surface area contributed by atoms with Gasteiger partial charge in [0, 0.05) is 23.1 Å². The Morgan fingerprint density at radius 3 is 2.56 bits per heavy atom. The first kappa shape index (κ1) is 12.8. The Bertz CT molecular complexity index is 551. The van der Waals surface area contributed by atoms with Crippen molar-refractivity contribution in [3.63, 3.8) is 0 Å². The van der Waals surface area contributed by atoms with Gasteiger partial charge in [-0.15, -0.1) is 0 Å². The molecule has 1 aliphatic rings. The molecule has 1 heterocycles. The summed E-state index contributed by atoms with van der Waals surface area (Å²) in [6.45, 7) is 2.11. The summed E-state index contributed by atoms with van der Waals surface area (Å²) in [6.07, 6.45) is 0.944. The summed E-state index contributed by atoms with van der Waals surface area (Å²) in [4.78, 5) is 1.22. The van der Waals surface area contributed by atoms with Crippen molar-refractivity contribution in [3.8, 4) is 12.1 Å². The van der Waals surface area contributed by atoms with Gasteiger partial charge in [0.15, 0.2) is 0 Å². The fourth-order valence-electron chi connectivity index (χ4n) is 2.68. The molecule has 0 aliphatic carbocycles. The van der Waals surface area contributed by atoms with Crippen molar-refractivity contribution >= 4 is 10.7 Å². The number of hydrogen-bond donors (Lipinski definition) is 0. The van der Waals surface area contributed by atoms with Crippen molar-refractivity contribution in [1.82, 2.24) is 0 Å². The molecule has 1 aliphatic heterocycles. The Labute approximate surface area is 110 Å². The van der Waals surface area contributed by atoms with Crippen molar-refractivity contribution in [1.29, 1.82) is 10.5 Å². The van der Waals surface area contributed by atoms with Crippen LogP contribution in [0.15, 0.2) is 33.5 Å². The van der Waals surface area contributed by atoms with Crippen LogP contribution in [-0.4, -0.2) is 12.3 Å². The average Bonchev–Trinajstić information content (AvgIpc) is 2.74. The maximum absolute atomic E-state index is 9.18. The van der Waals surface area contributed by atoms with Crippen LogP contribution in [0.2, 0.25) is 0 Å². The summed E-state index contributed by atoms with van der Waals surface area (Å²) in [5, 5.41) is 18.7. The Morgan fingerprint density at radius 1 is 1.33 bits per heavy atom. The van der Waals surface area contributed by atoms with Gasteiger partial charge in [-0.3, -0.25) is 4.36 Å². The minimum Gasteiger partial charge on any atom is -0.263 e. The molecule has 0 radical (unpaired) electrons. The smallest absolute Gasteiger partial charge is 0.141 e. The molecule has 4 heteroatoms. The first-order valence-electron chi connectivity index (χ1n) is 5.99. The molecule has 0 saturated heterocycles. The van der Waals surface area contributed by atoms with E-state index in [2.05, 4.69) is 29.5 Å². The third-order valence-electron chi connectivity index (χ3n) is 3.43. The standard InChI is InChI=1S/C14H15N3S/c1-3-12-14(10(8-15)9-16)11-6-4-5-7-13(11)18(12)17-2/h4-7,10,12,14H,3H2,1-2H3. The van der Waals surface area contributed by atoms with Crippen LogP contribution in [0.3, 0.4) is 0 Å². The lowest BCUT2D eigenvalue weighted by molar-refractivity contribution is 0.575. The summed E-state index contributed by atoms with van der Waals surface area (Å²) in [5.74, 6) is -0.566. The fourth-order valence-corrected chi connectivity index (χ4v) is 5.03. The van der Waals surface area contributed by atoms with Crippen LogP contribution >= 0.6 is 0 Å². The van der Waals surface area contributed by atoms with E-state index in [-0.39, 0.29) is 21.9 Å². The summed E-state index contributed by atoms with van der Waals surface area (Å²) < 4.78 is 4.49. The van der Waals surface area contributed by atoms with Crippen LogP contribution in [0, 0.1) is 28.6 Å². The topological polar surface area (TPSA) is 59.9 Å². The molecular formula is C14H15N3S. The SMILES string of the molecule is CCC1C(C(C#N)C#N)c2ccccc2S1=NC. The van der Waals surface area contributed by atoms with E-state index in [4.69, 9.17) is 0 Å². The molecular weight excluding hydrogens is 242 g/mol. The van der Waals surface area contributed by atoms with Gasteiger partial charge in [0.2, 0.25) is 0 Å². The lowest BCUT2D eigenvalue weighted by atomic mass is 9.84. The minimum absolute atomic E-state index is 0.00762. The number of hydrogen-bond acceptors (Lipinski definition) is 3. The van der Waals surface area contributed by atoms with Crippen LogP contribution in [0.4, 0.5) is 0 Å². The predicted molar refractivity (Wildman–Crippen MR) is 72.0 cm³/mol. The van der Waals surface area contributed by atoms with E-state index in [1.165, 1.54) is 4.90 Å². The Morgan fingerprint density at radius 2 is 2.00 bits per heavy atom. The molecule has 0 N–H and O–H groups in total. The number of benzene rings is 1. The number of rotatable bonds is 2. The number of fused-ring (bicyclic) bond motifs is 1. The molecule has 18 heavy (non-hydrogen) atoms. The van der Waals surface area contributed by atoms with Gasteiger partial charge in [0.05, 0.1) is 12.1 Å². The molecule has 3 unspecified atom stereocenters. The van der Waals surface area contributed by atoms with Crippen LogP contribution in [-0.2, 0) is 10.7 Å². The predicted octanol–water partition coefficient (Wildman–Crippen LogP) is 3.02. The van der Waals surface area contributed by atoms with E-state index in [0.29, 0.717) is 0 Å². The van der Waals surface area contributed by atoms with Gasteiger partial charge in [-0.05, 0) is 18.1 Å². The third kappa shape index (κ3) is 1.83. The molecule has 1 aromatic carbocycles. The van der Waals surface area contributed by atoms with Crippen molar-refractivity contribution < 1.29 is 0 Å². The fraction of sp³-hybridized carbons (Fsp3) is 0.429. The van der Waals surface area contributed by atoms with Crippen LogP contribution in [0.25, 0.3) is 0 Å². The molecule has 0 spiro atoms. The largest absolute Gasteiger partial charge is 0.263 e. The minimum atomic E-state index is -0.574. The molecule has 0 saturated carbocycles. The first-order chi connectivity index (χ1) is 8.78. The lowest BCUT2D eigenvalue weighted by Gasteiger charge is -2.19. The molecule has 0 fully saturated rings. The molecule has 92 valence electrons. The second kappa shape index (κ2) is 5.33. The van der Waals surface area contributed by atoms with E-state index < -0.39 is 5.92 Å². The van der Waals surface area contributed by atoms with Gasteiger partial charge in [0.1, 0.15) is 5.92 Å². The number of nitrogens with zero attached hydrogens (tertiary/aromatic N) is 3. The zero-order valence-corrected chi connectivity index (χ0v) is 11.3. The van der Waals surface area contributed by atoms with Gasteiger partial charge in [-0.2, -0.15) is 10.5 Å². The quantitative estimate of drug-likeness (QED) is 0.817. The Hall–Kier alpha value is -1.65. The maximum atomic E-state index is 9.18. The zero-order valence-electron chi connectivity index (χ0n) is 10.5. The second-order valence-corrected chi connectivity index (χ2v) is 6.28. The van der Waals surface area contributed by atoms with Crippen LogP contribution in [0.1, 0.15) is 24.8 Å². The average molecular weight is 257 g/mol. The van der Waals surface area contributed by atoms with E-state index in [9.17, 15) is 10.5 Å². The molecule has 0 aromatic heterocycles. The van der Waals surface area contributed by atoms with Crippen LogP contribution < -0.4 is 0 Å². The third-order valence-corrected chi connectivity index (χ3v) is 5.84. The van der Waals surface area contributed by atoms with Crippen molar-refractivity contribution in [2.75, 3.05) is 7.05 Å². The van der Waals surface area contributed by atoms with Crippen molar-refractivity contribution in [2.24, 2.45) is 10.3 Å². The van der Waals surface area contributed by atoms with Gasteiger partial charge in [-0.1, -0.05) is 35.8 Å². The summed E-state index contributed by atoms with van der Waals surface area (Å²) in [7, 11) is 1.65. The molecule has 2 rings (SSSR count). The van der Waals surface area contributed by atoms with Gasteiger partial charge in [0.25, 0.3) is 0 Å². The van der Waals surface area contributed by atoms with E-state index in [0.717, 1.165) is 12.0 Å². The number of nitriles is 2. The van der Waals surface area contributed by atoms with Crippen molar-refractivity contribution in [2.45, 2.75) is 29.4 Å². The maximum Gasteiger partial charge on any atom is 0.141 e. The van der Waals surface area contributed by atoms with E-state index in [1.807, 2.05) is 25.2 Å². The Balaban J connectivity index is 2.60. The molecule has 0 amide bonds. The zero-order chi connectivity index (χ0) is 13.1. The molecule has 0 bridgehead atoms. The summed E-state index contributed by atoms with van der Waals surface area (Å²) in [5.41, 5.74) is 1.14. The normalized spacial score (nSPS) is 25.7. The highest BCUT2D eigenvalue weighted by Crippen LogP contribution is 2.44. The Kier molecular flexibility index (Phi) is 3.79. The molecule has 3 atom stereocenters. The van der Waals surface area contributed by atoms with Gasteiger partial charge in [-0.25, -0.2) is 0 Å². The van der Waals surface area contributed by atoms with Crippen molar-refractivity contribution in [3.05, 3.63) is 29.8 Å².